The third-order valence-corrected chi connectivity index (χ3v) is 4.72. The van der Waals surface area contributed by atoms with Gasteiger partial charge in [0.05, 0.1) is 19.1 Å². The van der Waals surface area contributed by atoms with Crippen molar-refractivity contribution in [1.82, 2.24) is 9.80 Å². The second-order valence-corrected chi connectivity index (χ2v) is 7.05. The number of hydrogen-bond donors (Lipinski definition) is 0. The molecule has 6 nitrogen and oxygen atoms in total. The van der Waals surface area contributed by atoms with Gasteiger partial charge in [-0.3, -0.25) is 9.59 Å². The van der Waals surface area contributed by atoms with E-state index in [1.807, 2.05) is 7.05 Å². The van der Waals surface area contributed by atoms with Gasteiger partial charge in [-0.1, -0.05) is 13.8 Å². The highest BCUT2D eigenvalue weighted by Crippen LogP contribution is 2.26. The number of amides is 2. The van der Waals surface area contributed by atoms with Crippen LogP contribution in [0.1, 0.15) is 39.5 Å². The molecular formula is C18H34N2O4. The SMILES string of the molecule is COCCC(=O)N(C)CCCN(C)C(=O)C1CCOC(C(C)C)C1. The zero-order valence-electron chi connectivity index (χ0n) is 15.9. The Hall–Kier alpha value is -1.14. The molecule has 1 rings (SSSR count). The van der Waals surface area contributed by atoms with E-state index >= 15 is 0 Å². The van der Waals surface area contributed by atoms with Crippen LogP contribution in [0.15, 0.2) is 0 Å². The molecule has 1 aliphatic heterocycles. The lowest BCUT2D eigenvalue weighted by Gasteiger charge is -2.33. The fourth-order valence-corrected chi connectivity index (χ4v) is 2.99. The molecule has 140 valence electrons. The van der Waals surface area contributed by atoms with Crippen LogP contribution in [0.4, 0.5) is 0 Å². The summed E-state index contributed by atoms with van der Waals surface area (Å²) in [5, 5.41) is 0. The molecule has 0 saturated carbocycles. The van der Waals surface area contributed by atoms with E-state index in [1.165, 1.54) is 0 Å². The molecule has 6 heteroatoms. The van der Waals surface area contributed by atoms with Crippen molar-refractivity contribution in [2.75, 3.05) is 47.5 Å². The molecule has 0 aromatic rings. The second-order valence-electron chi connectivity index (χ2n) is 7.05. The van der Waals surface area contributed by atoms with Crippen molar-refractivity contribution in [3.05, 3.63) is 0 Å². The summed E-state index contributed by atoms with van der Waals surface area (Å²) >= 11 is 0. The Kier molecular flexibility index (Phi) is 9.29. The third kappa shape index (κ3) is 6.77. The van der Waals surface area contributed by atoms with Gasteiger partial charge >= 0.3 is 0 Å². The number of carbonyl (C=O) groups excluding carboxylic acids is 2. The average molecular weight is 342 g/mol. The van der Waals surface area contributed by atoms with E-state index in [1.54, 1.807) is 24.0 Å². The van der Waals surface area contributed by atoms with E-state index in [0.29, 0.717) is 38.6 Å². The van der Waals surface area contributed by atoms with Gasteiger partial charge in [-0.25, -0.2) is 0 Å². The smallest absolute Gasteiger partial charge is 0.225 e. The van der Waals surface area contributed by atoms with Gasteiger partial charge in [0, 0.05) is 46.8 Å². The Balaban J connectivity index is 2.32. The molecule has 2 atom stereocenters. The summed E-state index contributed by atoms with van der Waals surface area (Å²) in [6, 6.07) is 0. The van der Waals surface area contributed by atoms with E-state index in [4.69, 9.17) is 9.47 Å². The van der Waals surface area contributed by atoms with Crippen molar-refractivity contribution in [2.24, 2.45) is 11.8 Å². The van der Waals surface area contributed by atoms with Gasteiger partial charge in [0.25, 0.3) is 0 Å². The van der Waals surface area contributed by atoms with Crippen molar-refractivity contribution >= 4 is 11.8 Å². The monoisotopic (exact) mass is 342 g/mol. The summed E-state index contributed by atoms with van der Waals surface area (Å²) in [7, 11) is 5.24. The van der Waals surface area contributed by atoms with Crippen molar-refractivity contribution in [3.8, 4) is 0 Å². The molecule has 2 unspecified atom stereocenters. The summed E-state index contributed by atoms with van der Waals surface area (Å²) in [5.41, 5.74) is 0. The van der Waals surface area contributed by atoms with E-state index in [0.717, 1.165) is 19.3 Å². The maximum Gasteiger partial charge on any atom is 0.225 e. The second kappa shape index (κ2) is 10.7. The number of carbonyl (C=O) groups is 2. The predicted molar refractivity (Wildman–Crippen MR) is 93.7 cm³/mol. The van der Waals surface area contributed by atoms with Crippen molar-refractivity contribution in [3.63, 3.8) is 0 Å². The van der Waals surface area contributed by atoms with Crippen LogP contribution in [0, 0.1) is 11.8 Å². The van der Waals surface area contributed by atoms with Crippen LogP contribution in [-0.2, 0) is 19.1 Å². The number of methoxy groups -OCH3 is 1. The zero-order valence-corrected chi connectivity index (χ0v) is 15.9. The lowest BCUT2D eigenvalue weighted by molar-refractivity contribution is -0.140. The molecular weight excluding hydrogens is 308 g/mol. The van der Waals surface area contributed by atoms with Gasteiger partial charge in [0.1, 0.15) is 0 Å². The normalized spacial score (nSPS) is 20.9. The summed E-state index contributed by atoms with van der Waals surface area (Å²) in [5.74, 6) is 0.794. The molecule has 0 N–H and O–H groups in total. The van der Waals surface area contributed by atoms with Gasteiger partial charge in [-0.15, -0.1) is 0 Å². The number of hydrogen-bond acceptors (Lipinski definition) is 4. The van der Waals surface area contributed by atoms with Gasteiger partial charge in [0.15, 0.2) is 0 Å². The molecule has 0 spiro atoms. The van der Waals surface area contributed by atoms with Crippen LogP contribution >= 0.6 is 0 Å². The molecule has 24 heavy (non-hydrogen) atoms. The minimum absolute atomic E-state index is 0.0669. The van der Waals surface area contributed by atoms with Gasteiger partial charge in [0.2, 0.25) is 11.8 Å². The maximum absolute atomic E-state index is 12.6. The fourth-order valence-electron chi connectivity index (χ4n) is 2.99. The largest absolute Gasteiger partial charge is 0.384 e. The maximum atomic E-state index is 12.6. The molecule has 1 heterocycles. The molecule has 0 aromatic carbocycles. The molecule has 1 fully saturated rings. The van der Waals surface area contributed by atoms with Crippen LogP contribution in [-0.4, -0.2) is 75.2 Å². The molecule has 0 radical (unpaired) electrons. The summed E-state index contributed by atoms with van der Waals surface area (Å²) in [6.45, 7) is 6.72. The Morgan fingerprint density at radius 1 is 1.21 bits per heavy atom. The Morgan fingerprint density at radius 3 is 2.50 bits per heavy atom. The first kappa shape index (κ1) is 20.9. The summed E-state index contributed by atoms with van der Waals surface area (Å²) in [4.78, 5) is 27.9. The summed E-state index contributed by atoms with van der Waals surface area (Å²) in [6.07, 6.45) is 3.00. The Bertz CT molecular complexity index is 400. The molecule has 1 saturated heterocycles. The van der Waals surface area contributed by atoms with Crippen LogP contribution < -0.4 is 0 Å². The lowest BCUT2D eigenvalue weighted by atomic mass is 9.89. The van der Waals surface area contributed by atoms with E-state index < -0.39 is 0 Å². The highest BCUT2D eigenvalue weighted by atomic mass is 16.5. The minimum Gasteiger partial charge on any atom is -0.384 e. The standard InChI is InChI=1S/C18H34N2O4/c1-14(2)16-13-15(7-12-24-16)18(22)20(4)10-6-9-19(3)17(21)8-11-23-5/h14-16H,6-13H2,1-5H3. The van der Waals surface area contributed by atoms with Crippen LogP contribution in [0.2, 0.25) is 0 Å². The minimum atomic E-state index is 0.0669. The van der Waals surface area contributed by atoms with Crippen molar-refractivity contribution < 1.29 is 19.1 Å². The van der Waals surface area contributed by atoms with Gasteiger partial charge in [-0.05, 0) is 25.2 Å². The lowest BCUT2D eigenvalue weighted by Crippen LogP contribution is -2.41. The topological polar surface area (TPSA) is 59.1 Å². The number of nitrogens with zero attached hydrogens (tertiary/aromatic N) is 2. The first-order valence-electron chi connectivity index (χ1n) is 8.96. The van der Waals surface area contributed by atoms with Crippen LogP contribution in [0.25, 0.3) is 0 Å². The molecule has 1 aliphatic rings. The molecule has 0 bridgehead atoms. The molecule has 0 aliphatic carbocycles. The highest BCUT2D eigenvalue weighted by Gasteiger charge is 2.31. The van der Waals surface area contributed by atoms with E-state index in [2.05, 4.69) is 13.8 Å². The molecule has 2 amide bonds. The van der Waals surface area contributed by atoms with Crippen molar-refractivity contribution in [1.29, 1.82) is 0 Å². The molecule has 0 aromatic heterocycles. The predicted octanol–water partition coefficient (Wildman–Crippen LogP) is 1.78. The number of rotatable bonds is 9. The zero-order chi connectivity index (χ0) is 18.1. The number of ether oxygens (including phenoxy) is 2. The van der Waals surface area contributed by atoms with Crippen LogP contribution in [0.5, 0.6) is 0 Å². The average Bonchev–Trinajstić information content (AvgIpc) is 2.58. The third-order valence-electron chi connectivity index (χ3n) is 4.72. The first-order valence-corrected chi connectivity index (χ1v) is 8.96. The Labute approximate surface area is 146 Å². The first-order chi connectivity index (χ1) is 11.4. The van der Waals surface area contributed by atoms with E-state index in [9.17, 15) is 9.59 Å². The van der Waals surface area contributed by atoms with E-state index in [-0.39, 0.29) is 23.8 Å². The Morgan fingerprint density at radius 2 is 1.88 bits per heavy atom. The van der Waals surface area contributed by atoms with Crippen LogP contribution in [0.3, 0.4) is 0 Å². The van der Waals surface area contributed by atoms with Gasteiger partial charge < -0.3 is 19.3 Å². The highest BCUT2D eigenvalue weighted by molar-refractivity contribution is 5.78. The quantitative estimate of drug-likeness (QED) is 0.641. The fraction of sp³-hybridized carbons (Fsp3) is 0.889. The van der Waals surface area contributed by atoms with Gasteiger partial charge in [-0.2, -0.15) is 0 Å². The van der Waals surface area contributed by atoms with Crippen molar-refractivity contribution in [2.45, 2.75) is 45.6 Å². The summed E-state index contributed by atoms with van der Waals surface area (Å²) < 4.78 is 10.7.